The summed E-state index contributed by atoms with van der Waals surface area (Å²) in [5.74, 6) is -0.228. The number of hydrogen-bond acceptors (Lipinski definition) is 3. The van der Waals surface area contributed by atoms with E-state index in [0.29, 0.717) is 12.0 Å². The fourth-order valence-electron chi connectivity index (χ4n) is 1.61. The van der Waals surface area contributed by atoms with E-state index >= 15 is 0 Å². The lowest BCUT2D eigenvalue weighted by molar-refractivity contribution is 0.0741. The van der Waals surface area contributed by atoms with E-state index in [0.717, 1.165) is 10.9 Å². The first-order valence-electron chi connectivity index (χ1n) is 5.29. The SMILES string of the molecule is CCC(O)C(=O)c1ccc2ncccc2c1. The summed E-state index contributed by atoms with van der Waals surface area (Å²) in [6, 6.07) is 9.00. The Balaban J connectivity index is 2.43. The van der Waals surface area contributed by atoms with Gasteiger partial charge in [0.15, 0.2) is 5.78 Å². The third kappa shape index (κ3) is 1.95. The number of aliphatic hydroxyl groups excluding tert-OH is 1. The molecule has 1 heterocycles. The van der Waals surface area contributed by atoms with E-state index in [2.05, 4.69) is 4.98 Å². The van der Waals surface area contributed by atoms with Gasteiger partial charge in [-0.1, -0.05) is 13.0 Å². The van der Waals surface area contributed by atoms with Crippen LogP contribution in [0.2, 0.25) is 0 Å². The molecule has 0 saturated carbocycles. The van der Waals surface area contributed by atoms with Crippen LogP contribution in [0.1, 0.15) is 23.7 Å². The topological polar surface area (TPSA) is 50.2 Å². The molecule has 0 radical (unpaired) electrons. The van der Waals surface area contributed by atoms with Crippen LogP contribution >= 0.6 is 0 Å². The van der Waals surface area contributed by atoms with Crippen molar-refractivity contribution in [3.63, 3.8) is 0 Å². The van der Waals surface area contributed by atoms with E-state index < -0.39 is 6.10 Å². The maximum Gasteiger partial charge on any atom is 0.191 e. The Bertz CT molecular complexity index is 522. The van der Waals surface area contributed by atoms with Crippen LogP contribution in [0.25, 0.3) is 10.9 Å². The van der Waals surface area contributed by atoms with Gasteiger partial charge in [0.2, 0.25) is 0 Å². The number of rotatable bonds is 3. The molecule has 1 aromatic carbocycles. The first-order chi connectivity index (χ1) is 7.72. The molecule has 2 rings (SSSR count). The summed E-state index contributed by atoms with van der Waals surface area (Å²) in [5.41, 5.74) is 1.39. The van der Waals surface area contributed by atoms with E-state index in [1.165, 1.54) is 0 Å². The van der Waals surface area contributed by atoms with Crippen molar-refractivity contribution >= 4 is 16.7 Å². The number of carbonyl (C=O) groups excluding carboxylic acids is 1. The third-order valence-electron chi connectivity index (χ3n) is 2.58. The summed E-state index contributed by atoms with van der Waals surface area (Å²) in [7, 11) is 0. The van der Waals surface area contributed by atoms with Gasteiger partial charge in [-0.15, -0.1) is 0 Å². The van der Waals surface area contributed by atoms with Gasteiger partial charge in [0.05, 0.1) is 5.52 Å². The maximum atomic E-state index is 11.7. The Morgan fingerprint density at radius 2 is 2.25 bits per heavy atom. The van der Waals surface area contributed by atoms with Gasteiger partial charge in [0.25, 0.3) is 0 Å². The average molecular weight is 215 g/mol. The monoisotopic (exact) mass is 215 g/mol. The molecule has 1 aromatic heterocycles. The number of ketones is 1. The molecular weight excluding hydrogens is 202 g/mol. The lowest BCUT2D eigenvalue weighted by Gasteiger charge is -2.07. The van der Waals surface area contributed by atoms with E-state index in [-0.39, 0.29) is 5.78 Å². The lowest BCUT2D eigenvalue weighted by Crippen LogP contribution is -2.19. The number of fused-ring (bicyclic) bond motifs is 1. The van der Waals surface area contributed by atoms with Gasteiger partial charge in [-0.25, -0.2) is 0 Å². The average Bonchev–Trinajstić information content (AvgIpc) is 2.36. The summed E-state index contributed by atoms with van der Waals surface area (Å²) in [6.07, 6.45) is 1.24. The van der Waals surface area contributed by atoms with Crippen LogP contribution in [0.5, 0.6) is 0 Å². The molecule has 1 N–H and O–H groups in total. The van der Waals surface area contributed by atoms with Crippen LogP contribution in [0.3, 0.4) is 0 Å². The van der Waals surface area contributed by atoms with Crippen LogP contribution in [0.15, 0.2) is 36.5 Å². The largest absolute Gasteiger partial charge is 0.385 e. The molecule has 1 unspecified atom stereocenters. The summed E-state index contributed by atoms with van der Waals surface area (Å²) < 4.78 is 0. The Morgan fingerprint density at radius 3 is 3.00 bits per heavy atom. The lowest BCUT2D eigenvalue weighted by atomic mass is 10.0. The fourth-order valence-corrected chi connectivity index (χ4v) is 1.61. The summed E-state index contributed by atoms with van der Waals surface area (Å²) in [5, 5.41) is 10.4. The van der Waals surface area contributed by atoms with Crippen molar-refractivity contribution in [2.75, 3.05) is 0 Å². The Kier molecular flexibility index (Phi) is 2.97. The Labute approximate surface area is 93.7 Å². The van der Waals surface area contributed by atoms with Gasteiger partial charge in [-0.05, 0) is 30.7 Å². The summed E-state index contributed by atoms with van der Waals surface area (Å²) in [6.45, 7) is 1.78. The second-order valence-corrected chi connectivity index (χ2v) is 3.70. The molecule has 0 fully saturated rings. The van der Waals surface area contributed by atoms with Crippen LogP contribution in [0.4, 0.5) is 0 Å². The highest BCUT2D eigenvalue weighted by atomic mass is 16.3. The summed E-state index contributed by atoms with van der Waals surface area (Å²) in [4.78, 5) is 15.9. The molecular formula is C13H13NO2. The quantitative estimate of drug-likeness (QED) is 0.798. The Morgan fingerprint density at radius 1 is 1.44 bits per heavy atom. The van der Waals surface area contributed by atoms with Crippen LogP contribution in [-0.2, 0) is 0 Å². The van der Waals surface area contributed by atoms with Crippen LogP contribution < -0.4 is 0 Å². The first-order valence-corrected chi connectivity index (χ1v) is 5.29. The molecule has 2 aromatic rings. The summed E-state index contributed by atoms with van der Waals surface area (Å²) >= 11 is 0. The van der Waals surface area contributed by atoms with E-state index in [9.17, 15) is 9.90 Å². The number of Topliss-reactive ketones (excluding diaryl/α,β-unsaturated/α-hetero) is 1. The van der Waals surface area contributed by atoms with Crippen LogP contribution in [-0.4, -0.2) is 22.0 Å². The molecule has 16 heavy (non-hydrogen) atoms. The molecule has 0 saturated heterocycles. The third-order valence-corrected chi connectivity index (χ3v) is 2.58. The van der Waals surface area contributed by atoms with Crippen molar-refractivity contribution in [1.82, 2.24) is 4.98 Å². The van der Waals surface area contributed by atoms with Gasteiger partial charge < -0.3 is 5.11 Å². The molecule has 0 aliphatic rings. The second-order valence-electron chi connectivity index (χ2n) is 3.70. The molecule has 3 heteroatoms. The number of nitrogens with zero attached hydrogens (tertiary/aromatic N) is 1. The predicted octanol–water partition coefficient (Wildman–Crippen LogP) is 2.19. The molecule has 0 aliphatic heterocycles. The van der Waals surface area contributed by atoms with Gasteiger partial charge in [-0.2, -0.15) is 0 Å². The maximum absolute atomic E-state index is 11.7. The highest BCUT2D eigenvalue weighted by Crippen LogP contribution is 2.15. The van der Waals surface area contributed by atoms with E-state index in [4.69, 9.17) is 0 Å². The zero-order valence-corrected chi connectivity index (χ0v) is 9.05. The predicted molar refractivity (Wildman–Crippen MR) is 62.4 cm³/mol. The van der Waals surface area contributed by atoms with Gasteiger partial charge in [-0.3, -0.25) is 9.78 Å². The number of aliphatic hydroxyl groups is 1. The van der Waals surface area contributed by atoms with Crippen molar-refractivity contribution in [2.24, 2.45) is 0 Å². The fraction of sp³-hybridized carbons (Fsp3) is 0.231. The standard InChI is InChI=1S/C13H13NO2/c1-2-12(15)13(16)10-5-6-11-9(8-10)4-3-7-14-11/h3-8,12,15H,2H2,1H3. The minimum Gasteiger partial charge on any atom is -0.385 e. The molecule has 82 valence electrons. The number of hydrogen-bond donors (Lipinski definition) is 1. The minimum atomic E-state index is -0.908. The van der Waals surface area contributed by atoms with Gasteiger partial charge in [0, 0.05) is 17.1 Å². The molecule has 1 atom stereocenters. The molecule has 0 spiro atoms. The highest BCUT2D eigenvalue weighted by molar-refractivity contribution is 6.01. The van der Waals surface area contributed by atoms with Gasteiger partial charge >= 0.3 is 0 Å². The highest BCUT2D eigenvalue weighted by Gasteiger charge is 2.15. The number of benzene rings is 1. The normalized spacial score (nSPS) is 12.6. The number of pyridine rings is 1. The van der Waals surface area contributed by atoms with E-state index in [1.807, 2.05) is 12.1 Å². The first kappa shape index (κ1) is 10.8. The van der Waals surface area contributed by atoms with Crippen molar-refractivity contribution in [3.05, 3.63) is 42.1 Å². The number of carbonyl (C=O) groups is 1. The van der Waals surface area contributed by atoms with Crippen LogP contribution in [0, 0.1) is 0 Å². The zero-order chi connectivity index (χ0) is 11.5. The minimum absolute atomic E-state index is 0.228. The van der Waals surface area contributed by atoms with Crippen molar-refractivity contribution in [2.45, 2.75) is 19.4 Å². The second kappa shape index (κ2) is 4.41. The zero-order valence-electron chi connectivity index (χ0n) is 9.05. The Hall–Kier alpha value is -1.74. The van der Waals surface area contributed by atoms with Crippen molar-refractivity contribution in [1.29, 1.82) is 0 Å². The molecule has 0 bridgehead atoms. The molecule has 0 aliphatic carbocycles. The van der Waals surface area contributed by atoms with Gasteiger partial charge in [0.1, 0.15) is 6.10 Å². The number of aromatic nitrogens is 1. The smallest absolute Gasteiger partial charge is 0.191 e. The van der Waals surface area contributed by atoms with Crippen molar-refractivity contribution < 1.29 is 9.90 Å². The molecule has 3 nitrogen and oxygen atoms in total. The van der Waals surface area contributed by atoms with E-state index in [1.54, 1.807) is 31.3 Å². The van der Waals surface area contributed by atoms with Crippen molar-refractivity contribution in [3.8, 4) is 0 Å². The molecule has 0 amide bonds.